The van der Waals surface area contributed by atoms with Crippen molar-refractivity contribution in [2.75, 3.05) is 6.54 Å². The molecule has 12 heavy (non-hydrogen) atoms. The minimum Gasteiger partial charge on any atom is -0.211 e. The maximum atomic E-state index is 9.85. The van der Waals surface area contributed by atoms with Crippen molar-refractivity contribution < 1.29 is 4.79 Å². The largest absolute Gasteiger partial charge is 0.234 e. The van der Waals surface area contributed by atoms with Crippen molar-refractivity contribution in [1.29, 1.82) is 0 Å². The zero-order valence-corrected chi connectivity index (χ0v) is 7.33. The molecule has 2 aliphatic rings. The number of nitrogens with zero attached hydrogens (tertiary/aromatic N) is 1. The highest BCUT2D eigenvalue weighted by Gasteiger charge is 2.38. The summed E-state index contributed by atoms with van der Waals surface area (Å²) in [6.07, 6.45) is 8.47. The molecule has 0 saturated heterocycles. The van der Waals surface area contributed by atoms with Crippen LogP contribution in [0.4, 0.5) is 0 Å². The lowest BCUT2D eigenvalue weighted by atomic mass is 9.86. The van der Waals surface area contributed by atoms with Gasteiger partial charge in [-0.3, -0.25) is 0 Å². The summed E-state index contributed by atoms with van der Waals surface area (Å²) in [6.45, 7) is 0.706. The van der Waals surface area contributed by atoms with Gasteiger partial charge in [0.15, 0.2) is 0 Å². The standard InChI is InChI=1S/C10H15NO/c12-7-11-4-3-10-6-8-1-2-9(10)5-8/h8-10H,1-6H2. The predicted octanol–water partition coefficient (Wildman–Crippen LogP) is 2.15. The van der Waals surface area contributed by atoms with Crippen LogP contribution >= 0.6 is 0 Å². The summed E-state index contributed by atoms with van der Waals surface area (Å²) >= 11 is 0. The summed E-state index contributed by atoms with van der Waals surface area (Å²) in [6, 6.07) is 0. The van der Waals surface area contributed by atoms with Gasteiger partial charge in [-0.05, 0) is 43.4 Å². The van der Waals surface area contributed by atoms with Crippen molar-refractivity contribution in [3.05, 3.63) is 0 Å². The van der Waals surface area contributed by atoms with E-state index in [9.17, 15) is 4.79 Å². The highest BCUT2D eigenvalue weighted by molar-refractivity contribution is 5.32. The van der Waals surface area contributed by atoms with Crippen LogP contribution in [-0.4, -0.2) is 12.6 Å². The Hall–Kier alpha value is -0.620. The van der Waals surface area contributed by atoms with Crippen molar-refractivity contribution in [1.82, 2.24) is 0 Å². The summed E-state index contributed by atoms with van der Waals surface area (Å²) in [4.78, 5) is 13.5. The first-order chi connectivity index (χ1) is 5.90. The van der Waals surface area contributed by atoms with Gasteiger partial charge in [-0.25, -0.2) is 9.79 Å². The van der Waals surface area contributed by atoms with Gasteiger partial charge in [0.25, 0.3) is 0 Å². The molecule has 0 N–H and O–H groups in total. The molecule has 0 radical (unpaired) electrons. The minimum absolute atomic E-state index is 0.706. The Labute approximate surface area is 73.1 Å². The van der Waals surface area contributed by atoms with Gasteiger partial charge in [-0.1, -0.05) is 6.42 Å². The summed E-state index contributed by atoms with van der Waals surface area (Å²) in [7, 11) is 0. The smallest absolute Gasteiger partial charge is 0.211 e. The highest BCUT2D eigenvalue weighted by Crippen LogP contribution is 2.49. The summed E-state index contributed by atoms with van der Waals surface area (Å²) in [5.74, 6) is 2.86. The normalized spacial score (nSPS) is 38.2. The molecule has 0 heterocycles. The van der Waals surface area contributed by atoms with Gasteiger partial charge in [0.1, 0.15) is 0 Å². The topological polar surface area (TPSA) is 29.4 Å². The maximum absolute atomic E-state index is 9.85. The Balaban J connectivity index is 1.79. The van der Waals surface area contributed by atoms with Gasteiger partial charge >= 0.3 is 0 Å². The van der Waals surface area contributed by atoms with Gasteiger partial charge in [0.05, 0.1) is 6.54 Å². The van der Waals surface area contributed by atoms with E-state index in [0.29, 0.717) is 6.54 Å². The number of carbonyl (C=O) groups excluding carboxylic acids is 1. The zero-order valence-electron chi connectivity index (χ0n) is 7.33. The predicted molar refractivity (Wildman–Crippen MR) is 46.5 cm³/mol. The number of fused-ring (bicyclic) bond motifs is 2. The molecule has 2 aliphatic carbocycles. The Bertz CT molecular complexity index is 208. The molecule has 0 aromatic heterocycles. The first-order valence-corrected chi connectivity index (χ1v) is 4.94. The molecule has 3 unspecified atom stereocenters. The lowest BCUT2D eigenvalue weighted by molar-refractivity contribution is 0.318. The van der Waals surface area contributed by atoms with Crippen LogP contribution < -0.4 is 0 Å². The molecule has 2 heteroatoms. The summed E-state index contributed by atoms with van der Waals surface area (Å²) in [5, 5.41) is 0. The van der Waals surface area contributed by atoms with Crippen molar-refractivity contribution in [2.45, 2.75) is 32.1 Å². The number of rotatable bonds is 3. The van der Waals surface area contributed by atoms with Gasteiger partial charge in [-0.2, -0.15) is 0 Å². The molecule has 0 amide bonds. The second kappa shape index (κ2) is 3.40. The van der Waals surface area contributed by atoms with Crippen molar-refractivity contribution in [3.63, 3.8) is 0 Å². The van der Waals surface area contributed by atoms with Crippen LogP contribution in [0.5, 0.6) is 0 Å². The lowest BCUT2D eigenvalue weighted by Crippen LogP contribution is -2.11. The average Bonchev–Trinajstić information content (AvgIpc) is 2.65. The fourth-order valence-corrected chi connectivity index (χ4v) is 3.01. The van der Waals surface area contributed by atoms with Crippen LogP contribution in [-0.2, 0) is 4.79 Å². The van der Waals surface area contributed by atoms with E-state index < -0.39 is 0 Å². The third-order valence-electron chi connectivity index (χ3n) is 3.56. The zero-order chi connectivity index (χ0) is 8.39. The number of isocyanates is 1. The van der Waals surface area contributed by atoms with E-state index >= 15 is 0 Å². The minimum atomic E-state index is 0.706. The summed E-state index contributed by atoms with van der Waals surface area (Å²) < 4.78 is 0. The molecule has 2 bridgehead atoms. The maximum Gasteiger partial charge on any atom is 0.234 e. The molecule has 2 nitrogen and oxygen atoms in total. The van der Waals surface area contributed by atoms with E-state index in [1.807, 2.05) is 0 Å². The fourth-order valence-electron chi connectivity index (χ4n) is 3.01. The van der Waals surface area contributed by atoms with Gasteiger partial charge in [-0.15, -0.1) is 0 Å². The number of hydrogen-bond donors (Lipinski definition) is 0. The van der Waals surface area contributed by atoms with Crippen molar-refractivity contribution >= 4 is 6.08 Å². The second-order valence-corrected chi connectivity index (χ2v) is 4.20. The van der Waals surface area contributed by atoms with Crippen molar-refractivity contribution in [2.24, 2.45) is 22.7 Å². The van der Waals surface area contributed by atoms with Crippen LogP contribution in [0.25, 0.3) is 0 Å². The summed E-state index contributed by atoms with van der Waals surface area (Å²) in [5.41, 5.74) is 0. The monoisotopic (exact) mass is 165 g/mol. The van der Waals surface area contributed by atoms with Crippen LogP contribution in [0.1, 0.15) is 32.1 Å². The van der Waals surface area contributed by atoms with E-state index in [1.54, 1.807) is 6.08 Å². The molecule has 3 atom stereocenters. The van der Waals surface area contributed by atoms with Crippen LogP contribution in [0.15, 0.2) is 4.99 Å². The Kier molecular flexibility index (Phi) is 2.27. The van der Waals surface area contributed by atoms with Gasteiger partial charge in [0.2, 0.25) is 6.08 Å². The Morgan fingerprint density at radius 2 is 2.25 bits per heavy atom. The van der Waals surface area contributed by atoms with E-state index in [4.69, 9.17) is 0 Å². The number of aliphatic imine (C=N–C) groups is 1. The molecule has 66 valence electrons. The Morgan fingerprint density at radius 1 is 1.33 bits per heavy atom. The van der Waals surface area contributed by atoms with E-state index in [2.05, 4.69) is 4.99 Å². The third kappa shape index (κ3) is 1.44. The lowest BCUT2D eigenvalue weighted by Gasteiger charge is -2.19. The van der Waals surface area contributed by atoms with Crippen LogP contribution in [0, 0.1) is 17.8 Å². The average molecular weight is 165 g/mol. The molecule has 0 aromatic rings. The first-order valence-electron chi connectivity index (χ1n) is 4.94. The quantitative estimate of drug-likeness (QED) is 0.465. The number of hydrogen-bond acceptors (Lipinski definition) is 2. The van der Waals surface area contributed by atoms with Crippen LogP contribution in [0.3, 0.4) is 0 Å². The van der Waals surface area contributed by atoms with E-state index in [-0.39, 0.29) is 0 Å². The molecular weight excluding hydrogens is 150 g/mol. The molecule has 0 aliphatic heterocycles. The van der Waals surface area contributed by atoms with E-state index in [1.165, 1.54) is 25.7 Å². The first kappa shape index (κ1) is 8.00. The third-order valence-corrected chi connectivity index (χ3v) is 3.56. The second-order valence-electron chi connectivity index (χ2n) is 4.20. The van der Waals surface area contributed by atoms with Gasteiger partial charge < -0.3 is 0 Å². The molecule has 2 saturated carbocycles. The molecule has 2 fully saturated rings. The molecule has 0 aromatic carbocycles. The molecular formula is C10H15NO. The SMILES string of the molecule is O=C=NCCC1CC2CCC1C2. The van der Waals surface area contributed by atoms with E-state index in [0.717, 1.165) is 24.2 Å². The highest BCUT2D eigenvalue weighted by atomic mass is 16.1. The molecule has 0 spiro atoms. The van der Waals surface area contributed by atoms with Crippen molar-refractivity contribution in [3.8, 4) is 0 Å². The Morgan fingerprint density at radius 3 is 2.83 bits per heavy atom. The van der Waals surface area contributed by atoms with Gasteiger partial charge in [0, 0.05) is 0 Å². The van der Waals surface area contributed by atoms with Crippen LogP contribution in [0.2, 0.25) is 0 Å². The fraction of sp³-hybridized carbons (Fsp3) is 0.900. The molecule has 2 rings (SSSR count).